The second kappa shape index (κ2) is 6.72. The molecule has 3 N–H and O–H groups in total. The van der Waals surface area contributed by atoms with Crippen LogP contribution < -0.4 is 11.3 Å². The van der Waals surface area contributed by atoms with Crippen LogP contribution in [0.4, 0.5) is 0 Å². The molecule has 0 spiro atoms. The van der Waals surface area contributed by atoms with Crippen molar-refractivity contribution in [3.63, 3.8) is 0 Å². The fourth-order valence-electron chi connectivity index (χ4n) is 2.70. The lowest BCUT2D eigenvalue weighted by Crippen LogP contribution is -2.39. The summed E-state index contributed by atoms with van der Waals surface area (Å²) in [6.07, 6.45) is 2.05. The molecule has 5 nitrogen and oxygen atoms in total. The molecule has 1 fully saturated rings. The van der Waals surface area contributed by atoms with Gasteiger partial charge in [0.05, 0.1) is 5.92 Å². The molecule has 2 unspecified atom stereocenters. The first kappa shape index (κ1) is 15.5. The summed E-state index contributed by atoms with van der Waals surface area (Å²) in [5.74, 6) is 5.03. The Bertz CT molecular complexity index is 513. The maximum absolute atomic E-state index is 12.1. The second-order valence-corrected chi connectivity index (χ2v) is 5.77. The van der Waals surface area contributed by atoms with Crippen LogP contribution in [0.1, 0.15) is 43.7 Å². The van der Waals surface area contributed by atoms with Gasteiger partial charge in [0.15, 0.2) is 0 Å². The van der Waals surface area contributed by atoms with Gasteiger partial charge < -0.3 is 4.90 Å². The number of likely N-dealkylation sites (tertiary alicyclic amines) is 1. The number of carbonyl (C=O) groups is 2. The van der Waals surface area contributed by atoms with E-state index in [0.29, 0.717) is 6.54 Å². The Kier molecular flexibility index (Phi) is 4.96. The molecule has 1 saturated heterocycles. The Labute approximate surface area is 125 Å². The Hall–Kier alpha value is -1.88. The molecule has 0 aromatic heterocycles. The van der Waals surface area contributed by atoms with E-state index in [0.717, 1.165) is 30.5 Å². The number of benzene rings is 1. The molecule has 2 amide bonds. The summed E-state index contributed by atoms with van der Waals surface area (Å²) in [4.78, 5) is 25.5. The van der Waals surface area contributed by atoms with Crippen LogP contribution in [0.5, 0.6) is 0 Å². The van der Waals surface area contributed by atoms with Crippen molar-refractivity contribution in [2.24, 2.45) is 11.8 Å². The van der Waals surface area contributed by atoms with E-state index in [1.807, 2.05) is 43.0 Å². The summed E-state index contributed by atoms with van der Waals surface area (Å²) in [5, 5.41) is 0. The Morgan fingerprint density at radius 1 is 1.43 bits per heavy atom. The van der Waals surface area contributed by atoms with E-state index in [1.54, 1.807) is 0 Å². The topological polar surface area (TPSA) is 75.4 Å². The number of piperidine rings is 1. The van der Waals surface area contributed by atoms with E-state index in [1.165, 1.54) is 0 Å². The van der Waals surface area contributed by atoms with Crippen LogP contribution in [0.25, 0.3) is 0 Å². The lowest BCUT2D eigenvalue weighted by Gasteiger charge is -2.30. The summed E-state index contributed by atoms with van der Waals surface area (Å²) in [6, 6.07) is 7.80. The van der Waals surface area contributed by atoms with Crippen molar-refractivity contribution >= 4 is 11.8 Å². The minimum Gasteiger partial charge on any atom is -0.338 e. The number of carbonyl (C=O) groups excluding carboxylic acids is 2. The standard InChI is InChI=1S/C16H23N3O2/c1-11-4-3-9-19(16(11)21)10-13-5-7-14(8-6-13)12(2)15(20)18-17/h5-8,11-12H,3-4,9-10,17H2,1-2H3,(H,18,20). The average molecular weight is 289 g/mol. The van der Waals surface area contributed by atoms with Crippen LogP contribution in [0, 0.1) is 5.92 Å². The zero-order valence-electron chi connectivity index (χ0n) is 12.6. The van der Waals surface area contributed by atoms with E-state index in [-0.39, 0.29) is 23.7 Å². The summed E-state index contributed by atoms with van der Waals surface area (Å²) in [6.45, 7) is 5.27. The third kappa shape index (κ3) is 3.61. The molecule has 1 aliphatic heterocycles. The second-order valence-electron chi connectivity index (χ2n) is 5.77. The van der Waals surface area contributed by atoms with Gasteiger partial charge in [0, 0.05) is 19.0 Å². The molecule has 2 atom stereocenters. The zero-order chi connectivity index (χ0) is 15.4. The van der Waals surface area contributed by atoms with Crippen molar-refractivity contribution in [1.82, 2.24) is 10.3 Å². The highest BCUT2D eigenvalue weighted by Crippen LogP contribution is 2.21. The smallest absolute Gasteiger partial charge is 0.241 e. The molecular formula is C16H23N3O2. The summed E-state index contributed by atoms with van der Waals surface area (Å²) in [7, 11) is 0. The lowest BCUT2D eigenvalue weighted by molar-refractivity contribution is -0.138. The number of hydrazine groups is 1. The van der Waals surface area contributed by atoms with Crippen LogP contribution in [0.15, 0.2) is 24.3 Å². The van der Waals surface area contributed by atoms with Crippen molar-refractivity contribution in [3.05, 3.63) is 35.4 Å². The first-order valence-corrected chi connectivity index (χ1v) is 7.41. The molecule has 0 bridgehead atoms. The van der Waals surface area contributed by atoms with Crippen molar-refractivity contribution in [2.45, 2.75) is 39.2 Å². The zero-order valence-corrected chi connectivity index (χ0v) is 12.6. The van der Waals surface area contributed by atoms with Crippen molar-refractivity contribution in [3.8, 4) is 0 Å². The Morgan fingerprint density at radius 3 is 2.71 bits per heavy atom. The highest BCUT2D eigenvalue weighted by molar-refractivity contribution is 5.82. The minimum absolute atomic E-state index is 0.131. The highest BCUT2D eigenvalue weighted by Gasteiger charge is 2.24. The van der Waals surface area contributed by atoms with E-state index in [2.05, 4.69) is 5.43 Å². The van der Waals surface area contributed by atoms with E-state index >= 15 is 0 Å². The van der Waals surface area contributed by atoms with Crippen LogP contribution in [0.3, 0.4) is 0 Å². The molecule has 1 aromatic rings. The fraction of sp³-hybridized carbons (Fsp3) is 0.500. The SMILES string of the molecule is CC1CCCN(Cc2ccc(C(C)C(=O)NN)cc2)C1=O. The number of amides is 2. The molecular weight excluding hydrogens is 266 g/mol. The van der Waals surface area contributed by atoms with Crippen LogP contribution in [0.2, 0.25) is 0 Å². The van der Waals surface area contributed by atoms with Gasteiger partial charge in [0.1, 0.15) is 0 Å². The Balaban J connectivity index is 2.02. The first-order valence-electron chi connectivity index (χ1n) is 7.41. The molecule has 0 radical (unpaired) electrons. The first-order chi connectivity index (χ1) is 10.0. The van der Waals surface area contributed by atoms with E-state index < -0.39 is 0 Å². The maximum Gasteiger partial charge on any atom is 0.241 e. The summed E-state index contributed by atoms with van der Waals surface area (Å²) < 4.78 is 0. The quantitative estimate of drug-likeness (QED) is 0.501. The lowest BCUT2D eigenvalue weighted by atomic mass is 9.97. The number of rotatable bonds is 4. The number of nitrogens with two attached hydrogens (primary N) is 1. The molecule has 114 valence electrons. The van der Waals surface area contributed by atoms with Gasteiger partial charge in [-0.2, -0.15) is 0 Å². The number of hydrogen-bond donors (Lipinski definition) is 2. The third-order valence-electron chi connectivity index (χ3n) is 4.19. The number of nitrogens with one attached hydrogen (secondary N) is 1. The maximum atomic E-state index is 12.1. The summed E-state index contributed by atoms with van der Waals surface area (Å²) in [5.41, 5.74) is 4.16. The molecule has 5 heteroatoms. The molecule has 0 saturated carbocycles. The summed E-state index contributed by atoms with van der Waals surface area (Å²) >= 11 is 0. The van der Waals surface area contributed by atoms with Gasteiger partial charge in [-0.3, -0.25) is 15.0 Å². The highest BCUT2D eigenvalue weighted by atomic mass is 16.2. The number of hydrogen-bond acceptors (Lipinski definition) is 3. The predicted octanol–water partition coefficient (Wildman–Crippen LogP) is 1.54. The van der Waals surface area contributed by atoms with Crippen LogP contribution in [-0.2, 0) is 16.1 Å². The van der Waals surface area contributed by atoms with Crippen molar-refractivity contribution in [1.29, 1.82) is 0 Å². The van der Waals surface area contributed by atoms with Gasteiger partial charge >= 0.3 is 0 Å². The minimum atomic E-state index is -0.277. The average Bonchev–Trinajstić information content (AvgIpc) is 2.51. The number of nitrogens with zero attached hydrogens (tertiary/aromatic N) is 1. The Morgan fingerprint density at radius 2 is 2.10 bits per heavy atom. The van der Waals surface area contributed by atoms with Crippen LogP contribution in [-0.4, -0.2) is 23.3 Å². The normalized spacial score (nSPS) is 20.2. The fourth-order valence-corrected chi connectivity index (χ4v) is 2.70. The molecule has 21 heavy (non-hydrogen) atoms. The molecule has 2 rings (SSSR count). The van der Waals surface area contributed by atoms with Crippen molar-refractivity contribution in [2.75, 3.05) is 6.54 Å². The van der Waals surface area contributed by atoms with Gasteiger partial charge in [-0.25, -0.2) is 5.84 Å². The molecule has 1 aliphatic rings. The van der Waals surface area contributed by atoms with Gasteiger partial charge in [-0.15, -0.1) is 0 Å². The van der Waals surface area contributed by atoms with Crippen molar-refractivity contribution < 1.29 is 9.59 Å². The molecule has 0 aliphatic carbocycles. The monoisotopic (exact) mass is 289 g/mol. The van der Waals surface area contributed by atoms with Gasteiger partial charge in [-0.1, -0.05) is 31.2 Å². The van der Waals surface area contributed by atoms with Gasteiger partial charge in [0.2, 0.25) is 11.8 Å². The molecule has 1 heterocycles. The van der Waals surface area contributed by atoms with E-state index in [9.17, 15) is 9.59 Å². The van der Waals surface area contributed by atoms with E-state index in [4.69, 9.17) is 5.84 Å². The van der Waals surface area contributed by atoms with Crippen LogP contribution >= 0.6 is 0 Å². The third-order valence-corrected chi connectivity index (χ3v) is 4.19. The molecule has 1 aromatic carbocycles. The van der Waals surface area contributed by atoms with Gasteiger partial charge in [0.25, 0.3) is 0 Å². The van der Waals surface area contributed by atoms with Gasteiger partial charge in [-0.05, 0) is 30.9 Å². The predicted molar refractivity (Wildman–Crippen MR) is 81.0 cm³/mol. The largest absolute Gasteiger partial charge is 0.338 e.